The molecule has 0 bridgehead atoms. The fraction of sp³-hybridized carbons (Fsp3) is 0.179. The van der Waals surface area contributed by atoms with Crippen molar-refractivity contribution >= 4 is 15.5 Å². The molecule has 4 heteroatoms. The standard InChI is InChI=1S/C39H36O2P2/c1-26-28(3)38-39-29(4)27(2)37(33-23-15-8-16-24-33)43(39)41-35(31-19-11-6-12-20-31)25-34(30-17-9-5-10-18-30)40-42(38)36(26)32-21-13-7-14-22-32/h5-24,34-35H,25H2,1-4H3/t34-,35-,42?,43?/m0/s1. The minimum Gasteiger partial charge on any atom is -0.323 e. The largest absolute Gasteiger partial charge is 0.323 e. The Kier molecular flexibility index (Phi) is 7.72. The summed E-state index contributed by atoms with van der Waals surface area (Å²) in [6.07, 6.45) is 0.504. The summed E-state index contributed by atoms with van der Waals surface area (Å²) in [7, 11) is -2.21. The van der Waals surface area contributed by atoms with Crippen molar-refractivity contribution in [3.63, 3.8) is 0 Å². The van der Waals surface area contributed by atoms with Gasteiger partial charge in [-0.25, -0.2) is 0 Å². The van der Waals surface area contributed by atoms with E-state index >= 15 is 0 Å². The molecule has 0 aliphatic carbocycles. The van der Waals surface area contributed by atoms with Gasteiger partial charge in [0.05, 0.1) is 12.2 Å². The first-order chi connectivity index (χ1) is 21.0. The van der Waals surface area contributed by atoms with Crippen molar-refractivity contribution in [2.45, 2.75) is 46.3 Å². The van der Waals surface area contributed by atoms with Crippen molar-refractivity contribution in [3.05, 3.63) is 155 Å². The van der Waals surface area contributed by atoms with E-state index in [2.05, 4.69) is 149 Å². The molecule has 0 fully saturated rings. The Morgan fingerprint density at radius 3 is 1.07 bits per heavy atom. The molecule has 0 saturated carbocycles. The Labute approximate surface area is 257 Å². The molecular weight excluding hydrogens is 562 g/mol. The van der Waals surface area contributed by atoms with Crippen LogP contribution in [0.4, 0.5) is 0 Å². The number of hydrogen-bond acceptors (Lipinski definition) is 2. The zero-order chi connectivity index (χ0) is 29.5. The van der Waals surface area contributed by atoms with Crippen LogP contribution in [-0.2, 0) is 0 Å². The molecule has 0 radical (unpaired) electrons. The summed E-state index contributed by atoms with van der Waals surface area (Å²) in [6, 6.07) is 43.2. The maximum absolute atomic E-state index is 7.50. The predicted molar refractivity (Wildman–Crippen MR) is 183 cm³/mol. The highest BCUT2D eigenvalue weighted by atomic mass is 31.1. The second-order valence-electron chi connectivity index (χ2n) is 11.5. The van der Waals surface area contributed by atoms with Gasteiger partial charge in [-0.3, -0.25) is 0 Å². The molecule has 4 atom stereocenters. The van der Waals surface area contributed by atoms with Crippen LogP contribution in [0.2, 0.25) is 0 Å². The molecule has 1 aliphatic heterocycles. The molecular formula is C39H36O2P2. The molecule has 1 aliphatic rings. The summed E-state index contributed by atoms with van der Waals surface area (Å²) >= 11 is 0. The summed E-state index contributed by atoms with van der Waals surface area (Å²) in [5, 5.41) is 5.39. The maximum atomic E-state index is 7.50. The Balaban J connectivity index is 1.56. The second-order valence-corrected chi connectivity index (χ2v) is 14.8. The van der Waals surface area contributed by atoms with Gasteiger partial charge in [0.25, 0.3) is 0 Å². The zero-order valence-corrected chi connectivity index (χ0v) is 26.9. The van der Waals surface area contributed by atoms with Crippen molar-refractivity contribution in [1.82, 2.24) is 0 Å². The van der Waals surface area contributed by atoms with Crippen molar-refractivity contribution in [3.8, 4) is 32.3 Å². The van der Waals surface area contributed by atoms with Crippen LogP contribution >= 0.6 is 15.5 Å². The predicted octanol–water partition coefficient (Wildman–Crippen LogP) is 11.6. The Morgan fingerprint density at radius 2 is 0.721 bits per heavy atom. The highest BCUT2D eigenvalue weighted by molar-refractivity contribution is 7.57. The van der Waals surface area contributed by atoms with Gasteiger partial charge in [-0.15, -0.1) is 0 Å². The average molecular weight is 599 g/mol. The number of fused-ring (bicyclic) bond motifs is 3. The van der Waals surface area contributed by atoms with Gasteiger partial charge in [0.1, 0.15) is 0 Å². The lowest BCUT2D eigenvalue weighted by Gasteiger charge is -2.25. The van der Waals surface area contributed by atoms with Crippen molar-refractivity contribution in [2.75, 3.05) is 0 Å². The van der Waals surface area contributed by atoms with Crippen LogP contribution in [0.3, 0.4) is 0 Å². The van der Waals surface area contributed by atoms with E-state index in [9.17, 15) is 0 Å². The van der Waals surface area contributed by atoms with E-state index in [0.717, 1.165) is 6.42 Å². The number of rotatable bonds is 4. The minimum absolute atomic E-state index is 0.119. The van der Waals surface area contributed by atoms with Crippen LogP contribution in [0.1, 0.15) is 52.0 Å². The number of benzene rings is 4. The summed E-state index contributed by atoms with van der Waals surface area (Å²) in [4.78, 5) is 0. The molecule has 2 nitrogen and oxygen atoms in total. The van der Waals surface area contributed by atoms with E-state index < -0.39 is 15.5 Å². The zero-order valence-electron chi connectivity index (χ0n) is 25.1. The van der Waals surface area contributed by atoms with Crippen LogP contribution < -0.4 is 9.05 Å². The third-order valence-corrected chi connectivity index (χ3v) is 14.0. The van der Waals surface area contributed by atoms with E-state index in [1.54, 1.807) is 0 Å². The van der Waals surface area contributed by atoms with Gasteiger partial charge in [-0.1, -0.05) is 121 Å². The lowest BCUT2D eigenvalue weighted by molar-refractivity contribution is 0.185. The lowest BCUT2D eigenvalue weighted by Crippen LogP contribution is -2.15. The Morgan fingerprint density at radius 1 is 0.419 bits per heavy atom. The maximum Gasteiger partial charge on any atom is 0.0957 e. The third-order valence-electron chi connectivity index (χ3n) is 8.91. The second kappa shape index (κ2) is 11.8. The van der Waals surface area contributed by atoms with Crippen LogP contribution in [0.5, 0.6) is 0 Å². The summed E-state index contributed by atoms with van der Waals surface area (Å²) in [5.74, 6) is 0. The van der Waals surface area contributed by atoms with Gasteiger partial charge in [0.15, 0.2) is 0 Å². The molecule has 43 heavy (non-hydrogen) atoms. The van der Waals surface area contributed by atoms with Gasteiger partial charge in [0.2, 0.25) is 0 Å². The molecule has 0 saturated heterocycles. The first-order valence-electron chi connectivity index (χ1n) is 15.0. The van der Waals surface area contributed by atoms with Crippen LogP contribution in [0.25, 0.3) is 32.3 Å². The van der Waals surface area contributed by atoms with Crippen LogP contribution in [-0.4, -0.2) is 0 Å². The number of hydrogen-bond donors (Lipinski definition) is 0. The summed E-state index contributed by atoms with van der Waals surface area (Å²) in [6.45, 7) is 9.16. The van der Waals surface area contributed by atoms with Crippen LogP contribution in [0, 0.1) is 27.7 Å². The fourth-order valence-corrected chi connectivity index (χ4v) is 12.1. The van der Waals surface area contributed by atoms with E-state index in [-0.39, 0.29) is 12.2 Å². The molecule has 0 amide bonds. The highest BCUT2D eigenvalue weighted by Crippen LogP contribution is 2.65. The monoisotopic (exact) mass is 598 g/mol. The molecule has 2 unspecified atom stereocenters. The van der Waals surface area contributed by atoms with E-state index in [4.69, 9.17) is 9.05 Å². The molecule has 4 aromatic carbocycles. The van der Waals surface area contributed by atoms with Crippen molar-refractivity contribution in [1.29, 1.82) is 0 Å². The van der Waals surface area contributed by atoms with Gasteiger partial charge in [0, 0.05) is 43.1 Å². The van der Waals surface area contributed by atoms with Gasteiger partial charge in [-0.05, 0) is 72.2 Å². The fourth-order valence-electron chi connectivity index (χ4n) is 6.43. The normalized spacial score (nSPS) is 17.4. The third kappa shape index (κ3) is 5.04. The quantitative estimate of drug-likeness (QED) is 0.201. The smallest absolute Gasteiger partial charge is 0.0957 e. The van der Waals surface area contributed by atoms with Gasteiger partial charge in [-0.2, -0.15) is 0 Å². The summed E-state index contributed by atoms with van der Waals surface area (Å²) < 4.78 is 15.0. The molecule has 0 N–H and O–H groups in total. The molecule has 0 spiro atoms. The SMILES string of the molecule is Cc1c(C)c2p(c1-c1ccccc1)O[C@H](c1ccccc1)C[C@@H](c1ccccc1)Op1c(-c3ccccc3)c(C)c(C)c1-2. The molecule has 7 rings (SSSR count). The van der Waals surface area contributed by atoms with E-state index in [0.29, 0.717) is 0 Å². The first-order valence-corrected chi connectivity index (χ1v) is 17.5. The van der Waals surface area contributed by atoms with E-state index in [1.807, 2.05) is 0 Å². The topological polar surface area (TPSA) is 18.5 Å². The lowest BCUT2D eigenvalue weighted by atomic mass is 9.99. The highest BCUT2D eigenvalue weighted by Gasteiger charge is 2.35. The van der Waals surface area contributed by atoms with Crippen molar-refractivity contribution < 1.29 is 9.05 Å². The van der Waals surface area contributed by atoms with Gasteiger partial charge >= 0.3 is 0 Å². The Bertz CT molecular complexity index is 1730. The molecule has 214 valence electrons. The van der Waals surface area contributed by atoms with E-state index in [1.165, 1.54) is 65.7 Å². The van der Waals surface area contributed by atoms with Crippen molar-refractivity contribution in [2.24, 2.45) is 0 Å². The summed E-state index contributed by atoms with van der Waals surface area (Å²) in [5.41, 5.74) is 10.2. The van der Waals surface area contributed by atoms with Gasteiger partial charge < -0.3 is 9.05 Å². The molecule has 2 aromatic heterocycles. The Hall–Kier alpha value is -3.64. The minimum atomic E-state index is -1.10. The molecule has 3 heterocycles. The first kappa shape index (κ1) is 28.1. The average Bonchev–Trinajstić information content (AvgIpc) is 3.46. The van der Waals surface area contributed by atoms with Crippen LogP contribution in [0.15, 0.2) is 121 Å². The molecule has 6 aromatic rings.